The molecule has 0 fully saturated rings. The molecule has 32 heavy (non-hydrogen) atoms. The fraction of sp³-hybridized carbons (Fsp3) is 0.182. The number of fused-ring (bicyclic) bond motifs is 1. The van der Waals surface area contributed by atoms with E-state index >= 15 is 0 Å². The average molecular weight is 447 g/mol. The fourth-order valence-corrected chi connectivity index (χ4v) is 4.48. The molecule has 0 aliphatic heterocycles. The number of nitrogens with zero attached hydrogens (tertiary/aromatic N) is 7. The highest BCUT2D eigenvalue weighted by Crippen LogP contribution is 2.40. The van der Waals surface area contributed by atoms with Gasteiger partial charge in [0.05, 0.1) is 18.5 Å². The van der Waals surface area contributed by atoms with E-state index < -0.39 is 0 Å². The summed E-state index contributed by atoms with van der Waals surface area (Å²) < 4.78 is 9.28. The lowest BCUT2D eigenvalue weighted by Gasteiger charge is -2.19. The van der Waals surface area contributed by atoms with E-state index in [2.05, 4.69) is 20.2 Å². The minimum Gasteiger partial charge on any atom is -0.495 e. The van der Waals surface area contributed by atoms with Gasteiger partial charge in [0.1, 0.15) is 23.3 Å². The number of nitrogen functional groups attached to an aromatic ring is 1. The van der Waals surface area contributed by atoms with Crippen molar-refractivity contribution in [3.05, 3.63) is 53.9 Å². The van der Waals surface area contributed by atoms with E-state index in [1.165, 1.54) is 6.33 Å². The normalized spacial score (nSPS) is 11.2. The number of hydrogen-bond donors (Lipinski definition) is 1. The third kappa shape index (κ3) is 3.25. The van der Waals surface area contributed by atoms with Crippen LogP contribution in [0.3, 0.4) is 0 Å². The minimum absolute atomic E-state index is 0.399. The van der Waals surface area contributed by atoms with Crippen LogP contribution in [0, 0.1) is 6.92 Å². The van der Waals surface area contributed by atoms with Gasteiger partial charge < -0.3 is 15.4 Å². The molecular weight excluding hydrogens is 424 g/mol. The van der Waals surface area contributed by atoms with Crippen molar-refractivity contribution in [2.75, 3.05) is 24.8 Å². The van der Waals surface area contributed by atoms with Gasteiger partial charge in [-0.15, -0.1) is 11.3 Å². The summed E-state index contributed by atoms with van der Waals surface area (Å²) in [6.45, 7) is 2.04. The number of aromatic nitrogens is 6. The maximum atomic E-state index is 6.27. The Hall–Kier alpha value is -3.92. The second-order valence-electron chi connectivity index (χ2n) is 7.42. The van der Waals surface area contributed by atoms with Gasteiger partial charge in [-0.3, -0.25) is 4.68 Å². The predicted octanol–water partition coefficient (Wildman–Crippen LogP) is 3.92. The van der Waals surface area contributed by atoms with Crippen LogP contribution in [-0.2, 0) is 7.05 Å². The largest absolute Gasteiger partial charge is 0.495 e. The van der Waals surface area contributed by atoms with Crippen LogP contribution < -0.4 is 15.4 Å². The molecule has 5 rings (SSSR count). The van der Waals surface area contributed by atoms with Crippen LogP contribution in [-0.4, -0.2) is 43.5 Å². The topological polar surface area (TPSA) is 99.4 Å². The van der Waals surface area contributed by atoms with Crippen molar-refractivity contribution in [3.63, 3.8) is 0 Å². The van der Waals surface area contributed by atoms with Crippen LogP contribution in [0.4, 0.5) is 16.6 Å². The van der Waals surface area contributed by atoms with Crippen molar-refractivity contribution in [2.45, 2.75) is 6.92 Å². The van der Waals surface area contributed by atoms with Crippen LogP contribution in [0.25, 0.3) is 28.0 Å². The molecule has 162 valence electrons. The second kappa shape index (κ2) is 7.65. The van der Waals surface area contributed by atoms with Crippen LogP contribution in [0.15, 0.2) is 49.1 Å². The number of methoxy groups -OCH3 is 1. The maximum Gasteiger partial charge on any atom is 0.189 e. The predicted molar refractivity (Wildman–Crippen MR) is 127 cm³/mol. The molecule has 0 amide bonds. The highest BCUT2D eigenvalue weighted by atomic mass is 32.1. The van der Waals surface area contributed by atoms with E-state index in [0.29, 0.717) is 5.82 Å². The van der Waals surface area contributed by atoms with Crippen molar-refractivity contribution in [1.82, 2.24) is 29.4 Å². The summed E-state index contributed by atoms with van der Waals surface area (Å²) in [5.74, 6) is 1.13. The number of thiazole rings is 1. The fourth-order valence-electron chi connectivity index (χ4n) is 3.75. The zero-order chi connectivity index (χ0) is 22.4. The molecule has 0 radical (unpaired) electrons. The Balaban J connectivity index is 1.66. The van der Waals surface area contributed by atoms with Gasteiger partial charge in [-0.25, -0.2) is 14.5 Å². The maximum absolute atomic E-state index is 6.27. The Morgan fingerprint density at radius 1 is 1.16 bits per heavy atom. The molecule has 0 atom stereocenters. The molecule has 9 nitrogen and oxygen atoms in total. The summed E-state index contributed by atoms with van der Waals surface area (Å²) in [5, 5.41) is 9.87. The van der Waals surface area contributed by atoms with Crippen LogP contribution in [0.5, 0.6) is 5.75 Å². The molecular formula is C22H22N8OS. The first-order chi connectivity index (χ1) is 15.5. The van der Waals surface area contributed by atoms with Crippen LogP contribution in [0.1, 0.15) is 4.88 Å². The van der Waals surface area contributed by atoms with Crippen molar-refractivity contribution in [1.29, 1.82) is 0 Å². The van der Waals surface area contributed by atoms with Gasteiger partial charge in [0, 0.05) is 36.9 Å². The molecule has 0 saturated carbocycles. The summed E-state index contributed by atoms with van der Waals surface area (Å²) >= 11 is 1.63. The first-order valence-corrected chi connectivity index (χ1v) is 10.7. The smallest absolute Gasteiger partial charge is 0.189 e. The number of nitrogens with two attached hydrogens (primary N) is 1. The van der Waals surface area contributed by atoms with Crippen LogP contribution in [0.2, 0.25) is 0 Å². The van der Waals surface area contributed by atoms with Gasteiger partial charge in [0.2, 0.25) is 0 Å². The first kappa shape index (κ1) is 20.0. The van der Waals surface area contributed by atoms with Gasteiger partial charge in [0.25, 0.3) is 0 Å². The third-order valence-corrected chi connectivity index (χ3v) is 6.30. The number of aryl methyl sites for hydroxylation is 2. The van der Waals surface area contributed by atoms with Crippen molar-refractivity contribution in [3.8, 4) is 28.3 Å². The van der Waals surface area contributed by atoms with Gasteiger partial charge in [-0.2, -0.15) is 10.2 Å². The SMILES string of the molecule is COc1cc(-c2cc(-c3ccn(C)n3)n3ncnc(N)c23)ccc1N(C)c1ncc(C)s1. The lowest BCUT2D eigenvalue weighted by Crippen LogP contribution is -2.10. The molecule has 0 unspecified atom stereocenters. The zero-order valence-corrected chi connectivity index (χ0v) is 19.0. The van der Waals surface area contributed by atoms with E-state index in [9.17, 15) is 0 Å². The zero-order valence-electron chi connectivity index (χ0n) is 18.1. The Morgan fingerprint density at radius 3 is 2.69 bits per heavy atom. The Morgan fingerprint density at radius 2 is 2.00 bits per heavy atom. The molecule has 5 aromatic rings. The van der Waals surface area contributed by atoms with E-state index in [-0.39, 0.29) is 0 Å². The third-order valence-electron chi connectivity index (χ3n) is 5.31. The lowest BCUT2D eigenvalue weighted by molar-refractivity contribution is 0.416. The van der Waals surface area contributed by atoms with E-state index in [1.54, 1.807) is 27.6 Å². The number of rotatable bonds is 5. The summed E-state index contributed by atoms with van der Waals surface area (Å²) in [6, 6.07) is 10.0. The van der Waals surface area contributed by atoms with E-state index in [1.807, 2.05) is 68.6 Å². The molecule has 4 heterocycles. The first-order valence-electron chi connectivity index (χ1n) is 9.93. The standard InChI is InChI=1S/C22H22N8OS/c1-13-11-24-22(32-13)29(3)17-6-5-14(9-19(17)31-4)15-10-18(16-7-8-28(2)27-16)30-20(15)21(23)25-12-26-30/h5-12H,1-4H3,(H2,23,25,26). The molecule has 0 saturated heterocycles. The summed E-state index contributed by atoms with van der Waals surface area (Å²) in [6.07, 6.45) is 5.22. The van der Waals surface area contributed by atoms with Gasteiger partial charge >= 0.3 is 0 Å². The summed E-state index contributed by atoms with van der Waals surface area (Å²) in [4.78, 5) is 11.9. The molecule has 4 aromatic heterocycles. The Kier molecular flexibility index (Phi) is 4.78. The van der Waals surface area contributed by atoms with Crippen molar-refractivity contribution >= 4 is 33.5 Å². The number of ether oxygens (including phenoxy) is 1. The highest BCUT2D eigenvalue weighted by molar-refractivity contribution is 7.15. The molecule has 0 bridgehead atoms. The monoisotopic (exact) mass is 446 g/mol. The Labute approximate surface area is 188 Å². The summed E-state index contributed by atoms with van der Waals surface area (Å²) in [5.41, 5.74) is 11.4. The van der Waals surface area contributed by atoms with Gasteiger partial charge in [-0.05, 0) is 36.8 Å². The molecule has 2 N–H and O–H groups in total. The van der Waals surface area contributed by atoms with Gasteiger partial charge in [-0.1, -0.05) is 6.07 Å². The average Bonchev–Trinajstić information content (AvgIpc) is 3.51. The van der Waals surface area contributed by atoms with Crippen LogP contribution >= 0.6 is 11.3 Å². The van der Waals surface area contributed by atoms with Gasteiger partial charge in [0.15, 0.2) is 10.9 Å². The Bertz CT molecular complexity index is 1430. The van der Waals surface area contributed by atoms with E-state index in [0.717, 1.165) is 49.5 Å². The lowest BCUT2D eigenvalue weighted by atomic mass is 10.1. The molecule has 0 aliphatic rings. The number of benzene rings is 1. The molecule has 0 spiro atoms. The summed E-state index contributed by atoms with van der Waals surface area (Å²) in [7, 11) is 5.53. The van der Waals surface area contributed by atoms with Crippen molar-refractivity contribution < 1.29 is 4.74 Å². The van der Waals surface area contributed by atoms with E-state index in [4.69, 9.17) is 10.5 Å². The van der Waals surface area contributed by atoms with Crippen molar-refractivity contribution in [2.24, 2.45) is 7.05 Å². The highest BCUT2D eigenvalue weighted by Gasteiger charge is 2.20. The molecule has 10 heteroatoms. The molecule has 1 aromatic carbocycles. The number of anilines is 3. The quantitative estimate of drug-likeness (QED) is 0.437. The minimum atomic E-state index is 0.399. The second-order valence-corrected chi connectivity index (χ2v) is 8.64. The number of hydrogen-bond acceptors (Lipinski definition) is 8. The molecule has 0 aliphatic carbocycles.